The van der Waals surface area contributed by atoms with E-state index in [9.17, 15) is 14.9 Å². The highest BCUT2D eigenvalue weighted by molar-refractivity contribution is 5.96. The fourth-order valence-corrected chi connectivity index (χ4v) is 2.79. The van der Waals surface area contributed by atoms with Crippen molar-refractivity contribution in [3.8, 4) is 5.75 Å². The summed E-state index contributed by atoms with van der Waals surface area (Å²) in [5.41, 5.74) is 1.18. The van der Waals surface area contributed by atoms with Crippen LogP contribution in [0.4, 0.5) is 5.69 Å². The fourth-order valence-electron chi connectivity index (χ4n) is 2.79. The van der Waals surface area contributed by atoms with E-state index in [0.29, 0.717) is 13.2 Å². The number of ether oxygens (including phenoxy) is 1. The summed E-state index contributed by atoms with van der Waals surface area (Å²) >= 11 is 0. The van der Waals surface area contributed by atoms with Crippen LogP contribution in [0.15, 0.2) is 78.0 Å². The van der Waals surface area contributed by atoms with Gasteiger partial charge in [0.15, 0.2) is 11.5 Å². The summed E-state index contributed by atoms with van der Waals surface area (Å²) in [7, 11) is 0. The summed E-state index contributed by atoms with van der Waals surface area (Å²) in [5, 5.41) is 12.0. The summed E-state index contributed by atoms with van der Waals surface area (Å²) in [6, 6.07) is 17.9. The third-order valence-electron chi connectivity index (χ3n) is 4.26. The summed E-state index contributed by atoms with van der Waals surface area (Å²) in [6.45, 7) is 2.71. The number of nitrogens with zero attached hydrogens (tertiary/aromatic N) is 3. The molecule has 1 aromatic heterocycles. The molecule has 0 N–H and O–H groups in total. The first-order valence-electron chi connectivity index (χ1n) is 9.22. The van der Waals surface area contributed by atoms with E-state index in [2.05, 4.69) is 4.99 Å². The highest BCUT2D eigenvalue weighted by Crippen LogP contribution is 2.28. The van der Waals surface area contributed by atoms with Crippen molar-refractivity contribution in [1.29, 1.82) is 0 Å². The van der Waals surface area contributed by atoms with E-state index in [1.165, 1.54) is 12.1 Å². The van der Waals surface area contributed by atoms with Crippen molar-refractivity contribution in [2.45, 2.75) is 20.0 Å². The minimum atomic E-state index is -0.544. The van der Waals surface area contributed by atoms with Crippen molar-refractivity contribution in [2.24, 2.45) is 4.99 Å². The smallest absolute Gasteiger partial charge is 0.311 e. The van der Waals surface area contributed by atoms with Gasteiger partial charge in [-0.1, -0.05) is 30.3 Å². The second-order valence-corrected chi connectivity index (χ2v) is 6.33. The molecule has 0 aliphatic heterocycles. The quantitative estimate of drug-likeness (QED) is 0.332. The molecule has 0 atom stereocenters. The van der Waals surface area contributed by atoms with E-state index in [4.69, 9.17) is 4.74 Å². The second kappa shape index (κ2) is 9.45. The lowest BCUT2D eigenvalue weighted by Gasteiger charge is -2.08. The molecule has 7 heteroatoms. The van der Waals surface area contributed by atoms with Gasteiger partial charge in [-0.25, -0.2) is 0 Å². The van der Waals surface area contributed by atoms with Gasteiger partial charge in [-0.15, -0.1) is 0 Å². The molecule has 0 saturated carbocycles. The number of hydrogen-bond acceptors (Lipinski definition) is 5. The minimum Gasteiger partial charge on any atom is -0.487 e. The molecule has 2 aromatic carbocycles. The molecule has 0 saturated heterocycles. The molecule has 0 aliphatic carbocycles. The van der Waals surface area contributed by atoms with Crippen LogP contribution >= 0.6 is 0 Å². The zero-order valence-electron chi connectivity index (χ0n) is 16.0. The third kappa shape index (κ3) is 5.38. The molecule has 0 amide bonds. The maximum absolute atomic E-state index is 12.5. The van der Waals surface area contributed by atoms with Crippen LogP contribution in [-0.4, -0.2) is 21.9 Å². The predicted octanol–water partition coefficient (Wildman–Crippen LogP) is 3.78. The van der Waals surface area contributed by atoms with E-state index in [0.717, 1.165) is 10.9 Å². The average molecular weight is 391 g/mol. The number of benzene rings is 2. The Balaban J connectivity index is 1.70. The topological polar surface area (TPSA) is 86.7 Å². The number of hydrogen-bond donors (Lipinski definition) is 0. The van der Waals surface area contributed by atoms with Gasteiger partial charge in [0.05, 0.1) is 30.0 Å². The molecule has 1 heterocycles. The van der Waals surface area contributed by atoms with Crippen LogP contribution in [0.5, 0.6) is 5.75 Å². The molecule has 0 spiro atoms. The molecule has 3 rings (SSSR count). The Hall–Kier alpha value is -3.74. The number of aromatic nitrogens is 1. The lowest BCUT2D eigenvalue weighted by Crippen LogP contribution is -2.13. The first kappa shape index (κ1) is 20.0. The van der Waals surface area contributed by atoms with Gasteiger partial charge in [-0.2, -0.15) is 0 Å². The number of rotatable bonds is 8. The molecule has 29 heavy (non-hydrogen) atoms. The fraction of sp³-hybridized carbons (Fsp3) is 0.182. The van der Waals surface area contributed by atoms with Gasteiger partial charge in [0.2, 0.25) is 0 Å². The lowest BCUT2D eigenvalue weighted by atomic mass is 10.1. The van der Waals surface area contributed by atoms with Crippen molar-refractivity contribution in [3.63, 3.8) is 0 Å². The van der Waals surface area contributed by atoms with E-state index in [-0.39, 0.29) is 29.3 Å². The van der Waals surface area contributed by atoms with E-state index in [1.807, 2.05) is 42.5 Å². The molecule has 0 bridgehead atoms. The Kier molecular flexibility index (Phi) is 6.52. The van der Waals surface area contributed by atoms with Crippen molar-refractivity contribution in [1.82, 2.24) is 4.57 Å². The zero-order chi connectivity index (χ0) is 20.6. The standard InChI is InChI=1S/C22H21N3O4/c1-2-29-22-9-8-18(14-20(22)25(27)28)21(26)16-24-12-10-19(11-13-24)23-15-17-6-4-3-5-7-17/h3-14H,2,15-16H2,1H3. The van der Waals surface area contributed by atoms with Crippen LogP contribution in [0.2, 0.25) is 0 Å². The lowest BCUT2D eigenvalue weighted by molar-refractivity contribution is -0.385. The molecule has 0 unspecified atom stereocenters. The van der Waals surface area contributed by atoms with Gasteiger partial charge >= 0.3 is 5.69 Å². The maximum atomic E-state index is 12.5. The molecular formula is C22H21N3O4. The van der Waals surface area contributed by atoms with Gasteiger partial charge < -0.3 is 9.30 Å². The number of pyridine rings is 1. The zero-order valence-corrected chi connectivity index (χ0v) is 16.0. The molecule has 0 aliphatic rings. The molecule has 148 valence electrons. The Bertz CT molecular complexity index is 1050. The number of Topliss-reactive ketones (excluding diaryl/α,β-unsaturated/α-hetero) is 1. The highest BCUT2D eigenvalue weighted by Gasteiger charge is 2.18. The summed E-state index contributed by atoms with van der Waals surface area (Å²) in [6.07, 6.45) is 3.54. The molecule has 0 fully saturated rings. The summed E-state index contributed by atoms with van der Waals surface area (Å²) < 4.78 is 6.97. The number of ketones is 1. The van der Waals surface area contributed by atoms with Crippen molar-refractivity contribution < 1.29 is 14.5 Å². The highest BCUT2D eigenvalue weighted by atomic mass is 16.6. The average Bonchev–Trinajstić information content (AvgIpc) is 2.74. The van der Waals surface area contributed by atoms with Crippen molar-refractivity contribution in [3.05, 3.63) is 99.7 Å². The van der Waals surface area contributed by atoms with Gasteiger partial charge in [0.1, 0.15) is 0 Å². The Morgan fingerprint density at radius 2 is 1.83 bits per heavy atom. The Labute approximate surface area is 168 Å². The number of carbonyl (C=O) groups is 1. The van der Waals surface area contributed by atoms with Gasteiger partial charge in [0, 0.05) is 24.0 Å². The van der Waals surface area contributed by atoms with Crippen molar-refractivity contribution in [2.75, 3.05) is 6.61 Å². The van der Waals surface area contributed by atoms with Crippen LogP contribution in [0.1, 0.15) is 22.8 Å². The molecule has 3 aromatic rings. The Morgan fingerprint density at radius 3 is 2.48 bits per heavy atom. The normalized spacial score (nSPS) is 10.4. The van der Waals surface area contributed by atoms with Crippen LogP contribution in [0, 0.1) is 10.1 Å². The van der Waals surface area contributed by atoms with Crippen LogP contribution in [-0.2, 0) is 13.1 Å². The van der Waals surface area contributed by atoms with Crippen LogP contribution < -0.4 is 10.1 Å². The summed E-state index contributed by atoms with van der Waals surface area (Å²) in [5.74, 6) is -0.0683. The van der Waals surface area contributed by atoms with Gasteiger partial charge in [-0.3, -0.25) is 19.9 Å². The van der Waals surface area contributed by atoms with E-state index < -0.39 is 4.92 Å². The van der Waals surface area contributed by atoms with Gasteiger partial charge in [0.25, 0.3) is 0 Å². The van der Waals surface area contributed by atoms with Crippen LogP contribution in [0.3, 0.4) is 0 Å². The molecule has 0 radical (unpaired) electrons. The number of carbonyl (C=O) groups excluding carboxylic acids is 1. The Morgan fingerprint density at radius 1 is 1.10 bits per heavy atom. The maximum Gasteiger partial charge on any atom is 0.311 e. The first-order valence-corrected chi connectivity index (χ1v) is 9.22. The molecular weight excluding hydrogens is 370 g/mol. The third-order valence-corrected chi connectivity index (χ3v) is 4.26. The molecule has 7 nitrogen and oxygen atoms in total. The van der Waals surface area contributed by atoms with Crippen molar-refractivity contribution >= 4 is 11.5 Å². The first-order chi connectivity index (χ1) is 14.1. The van der Waals surface area contributed by atoms with E-state index in [1.54, 1.807) is 30.0 Å². The second-order valence-electron chi connectivity index (χ2n) is 6.33. The van der Waals surface area contributed by atoms with Crippen LogP contribution in [0.25, 0.3) is 0 Å². The van der Waals surface area contributed by atoms with Gasteiger partial charge in [-0.05, 0) is 36.8 Å². The summed E-state index contributed by atoms with van der Waals surface area (Å²) in [4.78, 5) is 27.8. The number of nitro groups is 1. The number of nitro benzene ring substituents is 1. The van der Waals surface area contributed by atoms with E-state index >= 15 is 0 Å². The monoisotopic (exact) mass is 391 g/mol. The minimum absolute atomic E-state index is 0.0735. The SMILES string of the molecule is CCOc1ccc(C(=O)Cn2ccc(=NCc3ccccc3)cc2)cc1[N+](=O)[O-]. The largest absolute Gasteiger partial charge is 0.487 e. The predicted molar refractivity (Wildman–Crippen MR) is 109 cm³/mol.